The second-order valence-corrected chi connectivity index (χ2v) is 8.55. The highest BCUT2D eigenvalue weighted by Crippen LogP contribution is 2.29. The van der Waals surface area contributed by atoms with Crippen LogP contribution in [0.25, 0.3) is 0 Å². The third-order valence-electron chi connectivity index (χ3n) is 5.43. The van der Waals surface area contributed by atoms with E-state index in [4.69, 9.17) is 4.98 Å². The van der Waals surface area contributed by atoms with Crippen LogP contribution in [0.5, 0.6) is 5.75 Å². The Kier molecular flexibility index (Phi) is 6.01. The van der Waals surface area contributed by atoms with Crippen molar-refractivity contribution in [1.29, 1.82) is 0 Å². The normalized spacial score (nSPS) is 14.7. The third-order valence-corrected chi connectivity index (χ3v) is 6.30. The van der Waals surface area contributed by atoms with Gasteiger partial charge >= 0.3 is 0 Å². The van der Waals surface area contributed by atoms with Gasteiger partial charge in [-0.05, 0) is 36.8 Å². The molecule has 0 atom stereocenters. The first-order chi connectivity index (χ1) is 14.5. The van der Waals surface area contributed by atoms with Crippen LogP contribution in [0.15, 0.2) is 53.9 Å². The molecule has 0 spiro atoms. The van der Waals surface area contributed by atoms with E-state index in [1.165, 1.54) is 16.2 Å². The molecule has 1 fully saturated rings. The van der Waals surface area contributed by atoms with Crippen molar-refractivity contribution in [2.75, 3.05) is 36.0 Å². The molecule has 156 valence electrons. The summed E-state index contributed by atoms with van der Waals surface area (Å²) in [5.41, 5.74) is 3.89. The van der Waals surface area contributed by atoms with Crippen LogP contribution in [0.4, 0.5) is 16.5 Å². The summed E-state index contributed by atoms with van der Waals surface area (Å²) in [5, 5.41) is 12.9. The molecule has 2 N–H and O–H groups in total. The number of quaternary nitrogens is 1. The number of anilines is 3. The summed E-state index contributed by atoms with van der Waals surface area (Å²) in [6.45, 7) is 8.19. The fourth-order valence-corrected chi connectivity index (χ4v) is 4.79. The molecule has 3 aromatic rings. The average Bonchev–Trinajstić information content (AvgIpc) is 3.17. The van der Waals surface area contributed by atoms with Crippen molar-refractivity contribution in [2.24, 2.45) is 0 Å². The number of aryl methyl sites for hydroxylation is 1. The molecule has 7 heteroatoms. The number of aromatic hydroxyl groups is 1. The van der Waals surface area contributed by atoms with Gasteiger partial charge in [-0.25, -0.2) is 4.98 Å². The van der Waals surface area contributed by atoms with Gasteiger partial charge in [-0.1, -0.05) is 24.3 Å². The van der Waals surface area contributed by atoms with Crippen molar-refractivity contribution in [3.05, 3.63) is 65.2 Å². The van der Waals surface area contributed by atoms with Crippen LogP contribution in [0.3, 0.4) is 0 Å². The van der Waals surface area contributed by atoms with Crippen molar-refractivity contribution in [3.63, 3.8) is 0 Å². The van der Waals surface area contributed by atoms with Gasteiger partial charge in [0.2, 0.25) is 5.91 Å². The number of phenolic OH excluding ortho intramolecular Hbond substituents is 1. The van der Waals surface area contributed by atoms with Crippen LogP contribution >= 0.6 is 11.3 Å². The lowest BCUT2D eigenvalue weighted by atomic mass is 10.2. The number of nitrogens with zero attached hydrogens (tertiary/aromatic N) is 3. The Hall–Kier alpha value is -2.90. The lowest BCUT2D eigenvalue weighted by molar-refractivity contribution is -0.914. The van der Waals surface area contributed by atoms with Crippen LogP contribution in [0.1, 0.15) is 18.2 Å². The number of nitrogens with one attached hydrogen (secondary N) is 1. The van der Waals surface area contributed by atoms with Gasteiger partial charge in [0.15, 0.2) is 5.13 Å². The maximum absolute atomic E-state index is 12.3. The van der Waals surface area contributed by atoms with E-state index in [1.807, 2.05) is 49.4 Å². The molecule has 4 rings (SSSR count). The summed E-state index contributed by atoms with van der Waals surface area (Å²) in [7, 11) is 0. The largest absolute Gasteiger partial charge is 0.506 e. The van der Waals surface area contributed by atoms with Gasteiger partial charge in [-0.15, -0.1) is 11.3 Å². The number of thiazole rings is 1. The molecule has 0 saturated carbocycles. The summed E-state index contributed by atoms with van der Waals surface area (Å²) in [6.07, 6.45) is 0. The Morgan fingerprint density at radius 2 is 1.97 bits per heavy atom. The molecular weight excluding hydrogens is 396 g/mol. The second kappa shape index (κ2) is 8.85. The number of rotatable bonds is 5. The van der Waals surface area contributed by atoms with E-state index in [-0.39, 0.29) is 5.91 Å². The molecule has 0 bridgehead atoms. The van der Waals surface area contributed by atoms with E-state index in [0.717, 1.165) is 60.5 Å². The van der Waals surface area contributed by atoms with Gasteiger partial charge in [0, 0.05) is 12.3 Å². The van der Waals surface area contributed by atoms with Gasteiger partial charge in [0.1, 0.15) is 18.0 Å². The van der Waals surface area contributed by atoms with Gasteiger partial charge in [0.05, 0.1) is 37.6 Å². The SMILES string of the molecule is CC(=O)N(c1cccc(C)c1)c1nc(C[NH+]2CCN(c3ccccc3O)CC2)cs1. The van der Waals surface area contributed by atoms with Crippen LogP contribution in [0.2, 0.25) is 0 Å². The summed E-state index contributed by atoms with van der Waals surface area (Å²) in [4.78, 5) is 22.5. The molecule has 30 heavy (non-hydrogen) atoms. The van der Waals surface area contributed by atoms with Crippen molar-refractivity contribution in [2.45, 2.75) is 20.4 Å². The molecule has 0 unspecified atom stereocenters. The number of carbonyl (C=O) groups excluding carboxylic acids is 1. The predicted octanol–water partition coefficient (Wildman–Crippen LogP) is 2.75. The highest BCUT2D eigenvalue weighted by molar-refractivity contribution is 7.14. The van der Waals surface area contributed by atoms with E-state index >= 15 is 0 Å². The standard InChI is InChI=1S/C23H26N4O2S/c1-17-6-5-7-20(14-17)27(18(2)28)23-24-19(16-30-23)15-25-10-12-26(13-11-25)21-8-3-4-9-22(21)29/h3-9,14,16,29H,10-13,15H2,1-2H3/p+1. The number of aromatic nitrogens is 1. The lowest BCUT2D eigenvalue weighted by Crippen LogP contribution is -3.13. The monoisotopic (exact) mass is 423 g/mol. The summed E-state index contributed by atoms with van der Waals surface area (Å²) < 4.78 is 0. The minimum atomic E-state index is -0.0369. The zero-order chi connectivity index (χ0) is 21.1. The number of phenols is 1. The van der Waals surface area contributed by atoms with Crippen LogP contribution < -0.4 is 14.7 Å². The second-order valence-electron chi connectivity index (χ2n) is 7.72. The van der Waals surface area contributed by atoms with Crippen molar-refractivity contribution in [3.8, 4) is 5.75 Å². The first kappa shape index (κ1) is 20.4. The van der Waals surface area contributed by atoms with E-state index < -0.39 is 0 Å². The highest BCUT2D eigenvalue weighted by atomic mass is 32.1. The zero-order valence-electron chi connectivity index (χ0n) is 17.3. The Balaban J connectivity index is 1.41. The number of hydrogen-bond acceptors (Lipinski definition) is 5. The van der Waals surface area contributed by atoms with Crippen molar-refractivity contribution < 1.29 is 14.8 Å². The maximum atomic E-state index is 12.3. The molecule has 1 aromatic heterocycles. The molecule has 0 radical (unpaired) electrons. The molecule has 1 aliphatic heterocycles. The Bertz CT molecular complexity index is 1030. The Morgan fingerprint density at radius 1 is 1.20 bits per heavy atom. The van der Waals surface area contributed by atoms with Crippen LogP contribution in [-0.4, -0.2) is 42.2 Å². The first-order valence-corrected chi connectivity index (χ1v) is 11.1. The van der Waals surface area contributed by atoms with E-state index in [1.54, 1.807) is 17.9 Å². The van der Waals surface area contributed by atoms with Gasteiger partial charge in [0.25, 0.3) is 0 Å². The van der Waals surface area contributed by atoms with E-state index in [0.29, 0.717) is 5.75 Å². The molecular formula is C23H27N4O2S+. The molecule has 0 aliphatic carbocycles. The fourth-order valence-electron chi connectivity index (χ4n) is 3.90. The zero-order valence-corrected chi connectivity index (χ0v) is 18.2. The summed E-state index contributed by atoms with van der Waals surface area (Å²) in [6, 6.07) is 15.4. The fraction of sp³-hybridized carbons (Fsp3) is 0.304. The molecule has 1 amide bonds. The van der Waals surface area contributed by atoms with E-state index in [2.05, 4.69) is 10.3 Å². The summed E-state index contributed by atoms with van der Waals surface area (Å²) >= 11 is 1.51. The minimum Gasteiger partial charge on any atom is -0.506 e. The van der Waals surface area contributed by atoms with Crippen molar-refractivity contribution >= 4 is 33.8 Å². The number of para-hydroxylation sites is 2. The van der Waals surface area contributed by atoms with Gasteiger partial charge in [-0.2, -0.15) is 0 Å². The third kappa shape index (κ3) is 4.47. The Morgan fingerprint density at radius 3 is 2.67 bits per heavy atom. The number of amides is 1. The molecule has 1 saturated heterocycles. The van der Waals surface area contributed by atoms with Crippen LogP contribution in [0, 0.1) is 6.92 Å². The molecule has 6 nitrogen and oxygen atoms in total. The highest BCUT2D eigenvalue weighted by Gasteiger charge is 2.24. The predicted molar refractivity (Wildman–Crippen MR) is 121 cm³/mol. The maximum Gasteiger partial charge on any atom is 0.230 e. The first-order valence-electron chi connectivity index (χ1n) is 10.2. The lowest BCUT2D eigenvalue weighted by Gasteiger charge is -2.33. The smallest absolute Gasteiger partial charge is 0.230 e. The summed E-state index contributed by atoms with van der Waals surface area (Å²) in [5.74, 6) is 0.302. The number of benzene rings is 2. The average molecular weight is 424 g/mol. The quantitative estimate of drug-likeness (QED) is 0.663. The number of piperazine rings is 1. The minimum absolute atomic E-state index is 0.0369. The molecule has 2 heterocycles. The topological polar surface area (TPSA) is 61.1 Å². The van der Waals surface area contributed by atoms with Gasteiger partial charge in [-0.3, -0.25) is 9.69 Å². The van der Waals surface area contributed by atoms with E-state index in [9.17, 15) is 9.90 Å². The molecule has 1 aliphatic rings. The van der Waals surface area contributed by atoms with Crippen molar-refractivity contribution in [1.82, 2.24) is 4.98 Å². The number of hydrogen-bond donors (Lipinski definition) is 2. The van der Waals surface area contributed by atoms with Crippen LogP contribution in [-0.2, 0) is 11.3 Å². The Labute approximate surface area is 181 Å². The molecule has 2 aromatic carbocycles. The number of carbonyl (C=O) groups is 1. The van der Waals surface area contributed by atoms with Gasteiger partial charge < -0.3 is 14.9 Å².